The van der Waals surface area contributed by atoms with Gasteiger partial charge < -0.3 is 34.9 Å². The van der Waals surface area contributed by atoms with E-state index in [9.17, 15) is 14.7 Å². The van der Waals surface area contributed by atoms with Gasteiger partial charge in [0, 0.05) is 5.97 Å². The molecule has 0 amide bonds. The molecule has 0 spiro atoms. The maximum absolute atomic E-state index is 10.4. The molecule has 8 heteroatoms. The standard InChI is InChI=1S/2C16H36N.2C8H16O2.3CH4.2H2O/c2*1-5-9-13-17(14-10-6-2,15-11-7-3)16-12-8-4;2*1-3-5-6-7(4-2)8(9)10;;;;;/h2*5-16H2,1-4H3;2*7H,3-6H2,1-2H3,(H,9,10);3*1H4;2*1H2/q2*+1;;;;;;;/p-2. The number of rotatable bonds is 34. The summed E-state index contributed by atoms with van der Waals surface area (Å²) in [7, 11) is 0. The van der Waals surface area contributed by atoms with Crippen molar-refractivity contribution in [3.05, 3.63) is 0 Å². The van der Waals surface area contributed by atoms with E-state index in [2.05, 4.69) is 69.2 Å². The van der Waals surface area contributed by atoms with E-state index in [1.165, 1.54) is 164 Å². The Hall–Kier alpha value is -1.22. The summed E-state index contributed by atoms with van der Waals surface area (Å²) in [6, 6.07) is 0. The summed E-state index contributed by atoms with van der Waals surface area (Å²) in [6.07, 6.45) is 29.4. The first-order valence-corrected chi connectivity index (χ1v) is 24.1. The van der Waals surface area contributed by atoms with E-state index in [-0.39, 0.29) is 45.1 Å². The molecule has 0 aliphatic rings. The van der Waals surface area contributed by atoms with Gasteiger partial charge in [0.2, 0.25) is 0 Å². The van der Waals surface area contributed by atoms with Crippen LogP contribution in [0.4, 0.5) is 0 Å². The van der Waals surface area contributed by atoms with Crippen molar-refractivity contribution in [2.24, 2.45) is 11.8 Å². The molecule has 0 aromatic heterocycles. The van der Waals surface area contributed by atoms with Gasteiger partial charge in [0.15, 0.2) is 0 Å². The fourth-order valence-corrected chi connectivity index (χ4v) is 7.18. The number of quaternary nitrogens is 2. The summed E-state index contributed by atoms with van der Waals surface area (Å²) >= 11 is 0. The zero-order chi connectivity index (χ0) is 41.9. The predicted molar refractivity (Wildman–Crippen MR) is 264 cm³/mol. The molecule has 0 saturated heterocycles. The molecule has 0 fully saturated rings. The zero-order valence-electron chi connectivity index (χ0n) is 40.3. The second kappa shape index (κ2) is 58.9. The lowest BCUT2D eigenvalue weighted by Gasteiger charge is -2.39. The first kappa shape index (κ1) is 78.3. The van der Waals surface area contributed by atoms with E-state index in [1.807, 2.05) is 13.8 Å². The summed E-state index contributed by atoms with van der Waals surface area (Å²) in [5, 5.41) is 18.9. The Balaban J connectivity index is -0.0000000807. The Labute approximate surface area is 374 Å². The van der Waals surface area contributed by atoms with Gasteiger partial charge >= 0.3 is 5.97 Å². The Morgan fingerprint density at radius 1 is 0.407 bits per heavy atom. The lowest BCUT2D eigenvalue weighted by Crippen LogP contribution is -2.50. The van der Waals surface area contributed by atoms with Gasteiger partial charge in [0.25, 0.3) is 0 Å². The predicted octanol–water partition coefficient (Wildman–Crippen LogP) is 14.2. The molecule has 2 atom stereocenters. The van der Waals surface area contributed by atoms with Gasteiger partial charge in [-0.2, -0.15) is 0 Å². The number of nitrogens with zero attached hydrogens (tertiary/aromatic N) is 2. The monoisotopic (exact) mass is 855 g/mol. The lowest BCUT2D eigenvalue weighted by atomic mass is 10.00. The Bertz CT molecular complexity index is 630. The van der Waals surface area contributed by atoms with Gasteiger partial charge in [-0.25, -0.2) is 0 Å². The average molecular weight is 856 g/mol. The van der Waals surface area contributed by atoms with Gasteiger partial charge in [-0.1, -0.05) is 182 Å². The summed E-state index contributed by atoms with van der Waals surface area (Å²) in [5.41, 5.74) is 0. The second-order valence-corrected chi connectivity index (χ2v) is 16.5. The molecule has 0 heterocycles. The average Bonchev–Trinajstić information content (AvgIpc) is 3.18. The molecule has 0 rings (SSSR count). The van der Waals surface area contributed by atoms with Crippen LogP contribution in [0.1, 0.15) is 259 Å². The molecule has 0 aromatic rings. The summed E-state index contributed by atoms with van der Waals surface area (Å²) < 4.78 is 2.84. The molecule has 0 aliphatic carbocycles. The first-order chi connectivity index (χ1) is 25.9. The van der Waals surface area contributed by atoms with Crippen LogP contribution in [0.15, 0.2) is 0 Å². The van der Waals surface area contributed by atoms with Crippen molar-refractivity contribution >= 4 is 11.9 Å². The van der Waals surface area contributed by atoms with Crippen LogP contribution in [-0.2, 0) is 9.59 Å². The van der Waals surface area contributed by atoms with Crippen molar-refractivity contribution < 1.29 is 39.7 Å². The van der Waals surface area contributed by atoms with Gasteiger partial charge in [-0.15, -0.1) is 0 Å². The molecule has 2 unspecified atom stereocenters. The quantitative estimate of drug-likeness (QED) is 0.0642. The van der Waals surface area contributed by atoms with Crippen LogP contribution >= 0.6 is 0 Å². The van der Waals surface area contributed by atoms with Crippen molar-refractivity contribution in [2.45, 2.75) is 259 Å². The third kappa shape index (κ3) is 49.3. The van der Waals surface area contributed by atoms with Crippen molar-refractivity contribution in [1.29, 1.82) is 0 Å². The molecule has 368 valence electrons. The van der Waals surface area contributed by atoms with Crippen molar-refractivity contribution in [1.82, 2.24) is 0 Å². The van der Waals surface area contributed by atoms with Crippen LogP contribution in [-0.4, -0.2) is 89.3 Å². The summed E-state index contributed by atoms with van der Waals surface area (Å²) in [4.78, 5) is 20.8. The highest BCUT2D eigenvalue weighted by Crippen LogP contribution is 2.18. The molecular weight excluding hydrogens is 737 g/mol. The van der Waals surface area contributed by atoms with Crippen molar-refractivity contribution in [2.75, 3.05) is 52.4 Å². The Kier molecular flexibility index (Phi) is 78.1. The molecule has 4 N–H and O–H groups in total. The van der Waals surface area contributed by atoms with Gasteiger partial charge in [0.05, 0.1) is 58.3 Å². The molecule has 0 aromatic carbocycles. The third-order valence-corrected chi connectivity index (χ3v) is 11.4. The number of carboxylic acids is 2. The normalized spacial score (nSPS) is 11.3. The molecule has 0 saturated carbocycles. The minimum Gasteiger partial charge on any atom is -0.870 e. The van der Waals surface area contributed by atoms with Crippen LogP contribution in [0.25, 0.3) is 0 Å². The third-order valence-electron chi connectivity index (χ3n) is 11.4. The maximum atomic E-state index is 10.4. The van der Waals surface area contributed by atoms with Gasteiger partial charge in [-0.05, 0) is 83.0 Å². The van der Waals surface area contributed by atoms with E-state index in [0.29, 0.717) is 6.42 Å². The molecule has 59 heavy (non-hydrogen) atoms. The number of hydrogen-bond acceptors (Lipinski definition) is 4. The molecule has 0 radical (unpaired) electrons. The Morgan fingerprint density at radius 3 is 0.729 bits per heavy atom. The lowest BCUT2D eigenvalue weighted by molar-refractivity contribution is -0.929. The first-order valence-electron chi connectivity index (χ1n) is 24.1. The number of hydrogen-bond donors (Lipinski definition) is 1. The van der Waals surface area contributed by atoms with Crippen molar-refractivity contribution in [3.8, 4) is 0 Å². The molecular formula is C51H118N2O6. The highest BCUT2D eigenvalue weighted by molar-refractivity contribution is 5.69. The number of carboxylic acid groups (broad SMARTS) is 2. The van der Waals surface area contributed by atoms with Crippen LogP contribution in [0.5, 0.6) is 0 Å². The fourth-order valence-electron chi connectivity index (χ4n) is 7.18. The molecule has 0 bridgehead atoms. The Morgan fingerprint density at radius 2 is 0.593 bits per heavy atom. The minimum absolute atomic E-state index is 0. The fraction of sp³-hybridized carbons (Fsp3) is 0.961. The topological polar surface area (TPSA) is 139 Å². The number of unbranched alkanes of at least 4 members (excludes halogenated alkanes) is 10. The number of carbonyl (C=O) groups excluding carboxylic acids is 1. The van der Waals surface area contributed by atoms with Crippen LogP contribution < -0.4 is 5.11 Å². The SMILES string of the molecule is C.C.C.CCCCC(CC)C(=O)O.CCCCC(CC)C(=O)[O-].CCCC[N+](CCCC)(CCCC)CCCC.CCCC[N+](CCCC)(CCCC)CCCC.O.[OH-]. The summed E-state index contributed by atoms with van der Waals surface area (Å²) in [5.74, 6) is -1.87. The van der Waals surface area contributed by atoms with Gasteiger partial charge in [-0.3, -0.25) is 4.79 Å². The smallest absolute Gasteiger partial charge is 0.306 e. The van der Waals surface area contributed by atoms with Crippen LogP contribution in [0.3, 0.4) is 0 Å². The van der Waals surface area contributed by atoms with E-state index in [1.54, 1.807) is 0 Å². The highest BCUT2D eigenvalue weighted by atomic mass is 16.4. The van der Waals surface area contributed by atoms with Crippen molar-refractivity contribution in [3.63, 3.8) is 0 Å². The van der Waals surface area contributed by atoms with Crippen LogP contribution in [0, 0.1) is 11.8 Å². The largest absolute Gasteiger partial charge is 0.870 e. The van der Waals surface area contributed by atoms with E-state index >= 15 is 0 Å². The molecule has 8 nitrogen and oxygen atoms in total. The zero-order valence-corrected chi connectivity index (χ0v) is 40.3. The number of carbonyl (C=O) groups is 2. The number of aliphatic carboxylic acids is 2. The minimum atomic E-state index is -0.893. The second-order valence-electron chi connectivity index (χ2n) is 16.5. The van der Waals surface area contributed by atoms with E-state index < -0.39 is 11.9 Å². The molecule has 0 aliphatic heterocycles. The van der Waals surface area contributed by atoms with E-state index in [4.69, 9.17) is 5.11 Å². The summed E-state index contributed by atoms with van der Waals surface area (Å²) in [6.45, 7) is 38.0. The van der Waals surface area contributed by atoms with E-state index in [0.717, 1.165) is 44.9 Å². The highest BCUT2D eigenvalue weighted by Gasteiger charge is 2.26. The van der Waals surface area contributed by atoms with Crippen LogP contribution in [0.2, 0.25) is 0 Å². The van der Waals surface area contributed by atoms with Gasteiger partial charge in [0.1, 0.15) is 0 Å². The maximum Gasteiger partial charge on any atom is 0.306 e.